The molecule has 1 amide bonds. The molecule has 2 N–H and O–H groups in total. The highest BCUT2D eigenvalue weighted by molar-refractivity contribution is 5.74. The number of carbonyl (C=O) groups excluding carboxylic acids is 2. The molecule has 0 heterocycles. The van der Waals surface area contributed by atoms with Crippen LogP contribution in [0, 0.1) is 56.7 Å². The van der Waals surface area contributed by atoms with E-state index in [4.69, 9.17) is 17.0 Å². The van der Waals surface area contributed by atoms with Crippen LogP contribution in [0.5, 0.6) is 0 Å². The summed E-state index contributed by atoms with van der Waals surface area (Å²) in [6.07, 6.45) is 29.3. The second-order valence-corrected chi connectivity index (χ2v) is 21.9. The van der Waals surface area contributed by atoms with Crippen molar-refractivity contribution in [1.82, 2.24) is 4.90 Å². The van der Waals surface area contributed by atoms with E-state index in [9.17, 15) is 9.59 Å². The van der Waals surface area contributed by atoms with Crippen molar-refractivity contribution >= 4 is 11.9 Å². The van der Waals surface area contributed by atoms with Gasteiger partial charge in [0.25, 0.3) is 0 Å². The molecule has 0 aromatic rings. The molecular formula is C48H80N2O3. The van der Waals surface area contributed by atoms with Crippen molar-refractivity contribution in [1.29, 1.82) is 0 Å². The average molecular weight is 733 g/mol. The number of unbranched alkanes of at least 4 members (excludes halogenated alkanes) is 1. The van der Waals surface area contributed by atoms with Crippen molar-refractivity contribution in [3.63, 3.8) is 0 Å². The van der Waals surface area contributed by atoms with Gasteiger partial charge in [-0.25, -0.2) is 0 Å². The summed E-state index contributed by atoms with van der Waals surface area (Å²) in [5.74, 6) is 3.17. The number of ether oxygens (including phenoxy) is 1. The van der Waals surface area contributed by atoms with Gasteiger partial charge >= 0.3 is 5.97 Å². The number of fused-ring (bicyclic) bond motifs is 7. The molecule has 7 aliphatic carbocycles. The molecule has 10 atom stereocenters. The number of rotatable bonds is 11. The lowest BCUT2D eigenvalue weighted by atomic mass is 9.32. The predicted octanol–water partition coefficient (Wildman–Crippen LogP) is 11.6. The Kier molecular flexibility index (Phi) is 11.4. The zero-order chi connectivity index (χ0) is 37.8. The van der Waals surface area contributed by atoms with Crippen LogP contribution in [0.1, 0.15) is 196 Å². The Morgan fingerprint density at radius 1 is 0.679 bits per heavy atom. The summed E-state index contributed by atoms with van der Waals surface area (Å²) in [5.41, 5.74) is 8.33. The van der Waals surface area contributed by atoms with E-state index in [1.165, 1.54) is 129 Å². The first kappa shape index (κ1) is 39.9. The third kappa shape index (κ3) is 7.02. The first-order chi connectivity index (χ1) is 25.1. The molecule has 0 saturated heterocycles. The Morgan fingerprint density at radius 3 is 1.96 bits per heavy atom. The van der Waals surface area contributed by atoms with Gasteiger partial charge in [0.05, 0.1) is 0 Å². The van der Waals surface area contributed by atoms with E-state index in [1.807, 2.05) is 0 Å². The molecule has 0 bridgehead atoms. The van der Waals surface area contributed by atoms with Crippen LogP contribution in [0.2, 0.25) is 0 Å². The van der Waals surface area contributed by atoms with E-state index in [-0.39, 0.29) is 28.8 Å². The van der Waals surface area contributed by atoms with Crippen LogP contribution >= 0.6 is 0 Å². The number of carbonyl (C=O) groups is 2. The molecule has 300 valence electrons. The molecule has 0 aromatic heterocycles. The van der Waals surface area contributed by atoms with Crippen molar-refractivity contribution in [3.05, 3.63) is 12.2 Å². The highest BCUT2D eigenvalue weighted by Crippen LogP contribution is 2.77. The zero-order valence-electron chi connectivity index (χ0n) is 35.3. The maximum atomic E-state index is 13.0. The summed E-state index contributed by atoms with van der Waals surface area (Å²) in [5, 5.41) is 0. The number of nitrogens with zero attached hydrogens (tertiary/aromatic N) is 1. The Bertz CT molecular complexity index is 1330. The van der Waals surface area contributed by atoms with E-state index in [2.05, 4.69) is 46.4 Å². The fourth-order valence-corrected chi connectivity index (χ4v) is 16.1. The van der Waals surface area contributed by atoms with E-state index < -0.39 is 0 Å². The number of hydrogen-bond donors (Lipinski definition) is 1. The minimum atomic E-state index is -0.292. The quantitative estimate of drug-likeness (QED) is 0.130. The third-order valence-electron chi connectivity index (χ3n) is 19.1. The van der Waals surface area contributed by atoms with Crippen LogP contribution in [-0.2, 0) is 14.3 Å². The van der Waals surface area contributed by atoms with Crippen LogP contribution in [0.4, 0.5) is 0 Å². The van der Waals surface area contributed by atoms with Gasteiger partial charge in [0, 0.05) is 36.9 Å². The van der Waals surface area contributed by atoms with Crippen LogP contribution in [0.15, 0.2) is 12.2 Å². The van der Waals surface area contributed by atoms with E-state index in [1.54, 1.807) is 5.57 Å². The molecule has 53 heavy (non-hydrogen) atoms. The standard InChI is InChI=1S/C48H80N2O3/c1-33(32-50(34-16-10-8-11-17-34)35-18-12-9-13-19-35)36-24-27-45(4)30-31-47(6)37(43(36)45)22-23-39-46(5)28-26-40(53-42(52)21-15-14-20-41(49)51)44(2,3)38(46)25-29-48(39,47)7/h34-40,43H,1,8-32H2,2-7H3,(H2,49,51)/t36-,37+,38-,39+,40-,43+,45+,46-,47+,48+/m0/s1. The fourth-order valence-electron chi connectivity index (χ4n) is 16.1. The second kappa shape index (κ2) is 15.2. The molecule has 7 aliphatic rings. The first-order valence-electron chi connectivity index (χ1n) is 23.1. The summed E-state index contributed by atoms with van der Waals surface area (Å²) in [6.45, 7) is 22.0. The summed E-state index contributed by atoms with van der Waals surface area (Å²) in [4.78, 5) is 27.2. The van der Waals surface area contributed by atoms with Gasteiger partial charge in [0.1, 0.15) is 6.10 Å². The Morgan fingerprint density at radius 2 is 1.32 bits per heavy atom. The highest BCUT2D eigenvalue weighted by atomic mass is 16.5. The molecule has 5 heteroatoms. The van der Waals surface area contributed by atoms with Crippen LogP contribution in [0.3, 0.4) is 0 Å². The molecule has 0 aromatic carbocycles. The summed E-state index contributed by atoms with van der Waals surface area (Å²) in [6, 6.07) is 1.57. The van der Waals surface area contributed by atoms with E-state index >= 15 is 0 Å². The highest BCUT2D eigenvalue weighted by Gasteiger charge is 2.70. The molecule has 7 saturated carbocycles. The van der Waals surface area contributed by atoms with Gasteiger partial charge in [-0.15, -0.1) is 0 Å². The van der Waals surface area contributed by atoms with Gasteiger partial charge < -0.3 is 10.5 Å². The molecule has 0 aliphatic heterocycles. The SMILES string of the molecule is C=C(CN(C1CCCCC1)C1CCCCC1)[C@@H]1CC[C@]2(C)CC[C@]3(C)[C@H](CC[C@@H]4[C@@]5(C)CC[C@H](OC(=O)CCCCC(N)=O)C(C)(C)[C@@H]5CC[C@]43C)[C@@H]12. The van der Waals surface area contributed by atoms with Gasteiger partial charge in [-0.2, -0.15) is 0 Å². The number of esters is 1. The monoisotopic (exact) mass is 733 g/mol. The van der Waals surface area contributed by atoms with Crippen molar-refractivity contribution in [2.24, 2.45) is 62.4 Å². The van der Waals surface area contributed by atoms with Crippen molar-refractivity contribution in [2.45, 2.75) is 214 Å². The molecule has 7 rings (SSSR count). The van der Waals surface area contributed by atoms with Gasteiger partial charge in [-0.1, -0.05) is 92.2 Å². The average Bonchev–Trinajstić information content (AvgIpc) is 3.49. The molecule has 7 fully saturated rings. The minimum absolute atomic E-state index is 0.0251. The smallest absolute Gasteiger partial charge is 0.306 e. The minimum Gasteiger partial charge on any atom is -0.462 e. The largest absolute Gasteiger partial charge is 0.462 e. The van der Waals surface area contributed by atoms with Crippen LogP contribution < -0.4 is 5.73 Å². The number of amides is 1. The number of primary amides is 1. The molecule has 0 radical (unpaired) electrons. The molecule has 0 spiro atoms. The summed E-state index contributed by atoms with van der Waals surface area (Å²) < 4.78 is 6.30. The fraction of sp³-hybridized carbons (Fsp3) is 0.917. The summed E-state index contributed by atoms with van der Waals surface area (Å²) in [7, 11) is 0. The maximum absolute atomic E-state index is 13.0. The Labute approximate surface area is 325 Å². The van der Waals surface area contributed by atoms with Gasteiger partial charge in [-0.05, 0) is 154 Å². The summed E-state index contributed by atoms with van der Waals surface area (Å²) >= 11 is 0. The van der Waals surface area contributed by atoms with E-state index in [0.717, 1.165) is 36.3 Å². The van der Waals surface area contributed by atoms with Crippen molar-refractivity contribution in [2.75, 3.05) is 6.54 Å². The maximum Gasteiger partial charge on any atom is 0.306 e. The number of nitrogens with two attached hydrogens (primary N) is 1. The Hall–Kier alpha value is -1.36. The topological polar surface area (TPSA) is 72.6 Å². The van der Waals surface area contributed by atoms with Gasteiger partial charge in [0.15, 0.2) is 0 Å². The van der Waals surface area contributed by atoms with Gasteiger partial charge in [0.2, 0.25) is 5.91 Å². The normalized spacial score (nSPS) is 42.9. The predicted molar refractivity (Wildman–Crippen MR) is 217 cm³/mol. The van der Waals surface area contributed by atoms with Crippen molar-refractivity contribution in [3.8, 4) is 0 Å². The van der Waals surface area contributed by atoms with Crippen molar-refractivity contribution < 1.29 is 14.3 Å². The molecule has 0 unspecified atom stereocenters. The van der Waals surface area contributed by atoms with Crippen LogP contribution in [0.25, 0.3) is 0 Å². The lowest BCUT2D eigenvalue weighted by Crippen LogP contribution is -2.66. The first-order valence-corrected chi connectivity index (χ1v) is 23.1. The molecular weight excluding hydrogens is 653 g/mol. The second-order valence-electron chi connectivity index (χ2n) is 21.9. The lowest BCUT2D eigenvalue weighted by Gasteiger charge is -2.73. The van der Waals surface area contributed by atoms with Crippen LogP contribution in [-0.4, -0.2) is 41.5 Å². The lowest BCUT2D eigenvalue weighted by molar-refractivity contribution is -0.249. The van der Waals surface area contributed by atoms with E-state index in [0.29, 0.717) is 53.8 Å². The zero-order valence-corrected chi connectivity index (χ0v) is 35.3. The molecule has 5 nitrogen and oxygen atoms in total. The van der Waals surface area contributed by atoms with Gasteiger partial charge in [-0.3, -0.25) is 14.5 Å². The third-order valence-corrected chi connectivity index (χ3v) is 19.1. The number of hydrogen-bond acceptors (Lipinski definition) is 4. The Balaban J connectivity index is 1.08.